The summed E-state index contributed by atoms with van der Waals surface area (Å²) in [5.41, 5.74) is 0. The summed E-state index contributed by atoms with van der Waals surface area (Å²) in [7, 11) is 0. The maximum Gasteiger partial charge on any atom is 0.306 e. The van der Waals surface area contributed by atoms with Crippen molar-refractivity contribution in [2.75, 3.05) is 6.61 Å². The highest BCUT2D eigenvalue weighted by molar-refractivity contribution is 5.69. The van der Waals surface area contributed by atoms with Crippen molar-refractivity contribution in [1.82, 2.24) is 0 Å². The zero-order valence-corrected chi connectivity index (χ0v) is 6.43. The third-order valence-corrected chi connectivity index (χ3v) is 2.05. The Morgan fingerprint density at radius 3 is 3.20 bits per heavy atom. The van der Waals surface area contributed by atoms with Crippen LogP contribution < -0.4 is 0 Å². The van der Waals surface area contributed by atoms with Crippen molar-refractivity contribution < 1.29 is 9.53 Å². The molecule has 0 spiro atoms. The van der Waals surface area contributed by atoms with E-state index in [9.17, 15) is 4.79 Å². The standard InChI is InChI=1S/C8H14O2/c1-2-7-4-3-5-10-8(9)6-7/h7H,2-6H2,1H3/t7-/m0/s1. The minimum atomic E-state index is -0.00986. The largest absolute Gasteiger partial charge is 0.466 e. The normalized spacial score (nSPS) is 27.3. The van der Waals surface area contributed by atoms with Crippen molar-refractivity contribution in [1.29, 1.82) is 0 Å². The minimum absolute atomic E-state index is 0.00986. The van der Waals surface area contributed by atoms with E-state index in [1.807, 2.05) is 0 Å². The molecule has 10 heavy (non-hydrogen) atoms. The average Bonchev–Trinajstić information content (AvgIpc) is 2.13. The molecule has 0 unspecified atom stereocenters. The molecule has 0 saturated carbocycles. The van der Waals surface area contributed by atoms with Crippen LogP contribution in [-0.2, 0) is 9.53 Å². The van der Waals surface area contributed by atoms with Crippen molar-refractivity contribution in [2.45, 2.75) is 32.6 Å². The van der Waals surface area contributed by atoms with Gasteiger partial charge in [-0.15, -0.1) is 0 Å². The molecule has 1 atom stereocenters. The number of hydrogen-bond donors (Lipinski definition) is 0. The molecule has 0 aromatic carbocycles. The second-order valence-electron chi connectivity index (χ2n) is 2.84. The molecule has 2 nitrogen and oxygen atoms in total. The van der Waals surface area contributed by atoms with Gasteiger partial charge in [-0.1, -0.05) is 13.3 Å². The van der Waals surface area contributed by atoms with Gasteiger partial charge in [0.05, 0.1) is 6.61 Å². The molecular weight excluding hydrogens is 128 g/mol. The Morgan fingerprint density at radius 2 is 2.50 bits per heavy atom. The van der Waals surface area contributed by atoms with E-state index in [2.05, 4.69) is 6.92 Å². The fourth-order valence-electron chi connectivity index (χ4n) is 1.30. The van der Waals surface area contributed by atoms with Gasteiger partial charge < -0.3 is 4.74 Å². The molecule has 1 aliphatic heterocycles. The predicted octanol–water partition coefficient (Wildman–Crippen LogP) is 1.74. The molecule has 0 N–H and O–H groups in total. The minimum Gasteiger partial charge on any atom is -0.466 e. The maximum absolute atomic E-state index is 10.8. The number of hydrogen-bond acceptors (Lipinski definition) is 2. The van der Waals surface area contributed by atoms with Gasteiger partial charge in [-0.2, -0.15) is 0 Å². The molecule has 0 aliphatic carbocycles. The SMILES string of the molecule is CC[C@H]1CCCOC(=O)C1. The second kappa shape index (κ2) is 3.59. The van der Waals surface area contributed by atoms with Crippen LogP contribution >= 0.6 is 0 Å². The summed E-state index contributed by atoms with van der Waals surface area (Å²) in [6, 6.07) is 0. The first-order valence-electron chi connectivity index (χ1n) is 3.98. The van der Waals surface area contributed by atoms with E-state index in [0.29, 0.717) is 18.9 Å². The molecule has 0 amide bonds. The van der Waals surface area contributed by atoms with Gasteiger partial charge >= 0.3 is 5.97 Å². The van der Waals surface area contributed by atoms with E-state index in [-0.39, 0.29) is 5.97 Å². The lowest BCUT2D eigenvalue weighted by Crippen LogP contribution is -2.05. The zero-order valence-electron chi connectivity index (χ0n) is 6.43. The summed E-state index contributed by atoms with van der Waals surface area (Å²) >= 11 is 0. The van der Waals surface area contributed by atoms with Crippen molar-refractivity contribution in [3.8, 4) is 0 Å². The molecule has 1 saturated heterocycles. The van der Waals surface area contributed by atoms with Crippen molar-refractivity contribution in [3.05, 3.63) is 0 Å². The lowest BCUT2D eigenvalue weighted by Gasteiger charge is -2.06. The fourth-order valence-corrected chi connectivity index (χ4v) is 1.30. The summed E-state index contributed by atoms with van der Waals surface area (Å²) in [5.74, 6) is 0.569. The third-order valence-electron chi connectivity index (χ3n) is 2.05. The molecule has 58 valence electrons. The Kier molecular flexibility index (Phi) is 2.72. The van der Waals surface area contributed by atoms with E-state index in [1.54, 1.807) is 0 Å². The van der Waals surface area contributed by atoms with Gasteiger partial charge in [-0.25, -0.2) is 0 Å². The number of cyclic esters (lactones) is 1. The molecule has 1 rings (SSSR count). The van der Waals surface area contributed by atoms with E-state index in [1.165, 1.54) is 0 Å². The summed E-state index contributed by atoms with van der Waals surface area (Å²) in [6.45, 7) is 2.76. The molecule has 1 heterocycles. The Morgan fingerprint density at radius 1 is 1.70 bits per heavy atom. The van der Waals surface area contributed by atoms with Crippen LogP contribution in [0.15, 0.2) is 0 Å². The van der Waals surface area contributed by atoms with Crippen LogP contribution in [0.4, 0.5) is 0 Å². The van der Waals surface area contributed by atoms with Crippen LogP contribution in [0.2, 0.25) is 0 Å². The molecule has 0 aromatic rings. The molecule has 0 aromatic heterocycles. The number of carbonyl (C=O) groups is 1. The summed E-state index contributed by atoms with van der Waals surface area (Å²) < 4.78 is 4.90. The Bertz CT molecular complexity index is 120. The van der Waals surface area contributed by atoms with Crippen LogP contribution in [0.1, 0.15) is 32.6 Å². The van der Waals surface area contributed by atoms with Crippen LogP contribution in [0, 0.1) is 5.92 Å². The van der Waals surface area contributed by atoms with E-state index in [0.717, 1.165) is 19.3 Å². The van der Waals surface area contributed by atoms with Crippen LogP contribution in [0.5, 0.6) is 0 Å². The molecule has 1 fully saturated rings. The second-order valence-corrected chi connectivity index (χ2v) is 2.84. The predicted molar refractivity (Wildman–Crippen MR) is 38.6 cm³/mol. The van der Waals surface area contributed by atoms with Crippen molar-refractivity contribution in [2.24, 2.45) is 5.92 Å². The number of carbonyl (C=O) groups excluding carboxylic acids is 1. The van der Waals surface area contributed by atoms with E-state index >= 15 is 0 Å². The van der Waals surface area contributed by atoms with Gasteiger partial charge in [0.2, 0.25) is 0 Å². The molecule has 0 bridgehead atoms. The summed E-state index contributed by atoms with van der Waals surface area (Å²) in [4.78, 5) is 10.8. The Labute approximate surface area is 61.6 Å². The topological polar surface area (TPSA) is 26.3 Å². The van der Waals surface area contributed by atoms with Crippen molar-refractivity contribution in [3.63, 3.8) is 0 Å². The lowest BCUT2D eigenvalue weighted by molar-refractivity contribution is -0.143. The lowest BCUT2D eigenvalue weighted by atomic mass is 9.98. The Hall–Kier alpha value is -0.530. The van der Waals surface area contributed by atoms with Gasteiger partial charge in [-0.3, -0.25) is 4.79 Å². The van der Waals surface area contributed by atoms with Gasteiger partial charge in [-0.05, 0) is 18.8 Å². The molecular formula is C8H14O2. The highest BCUT2D eigenvalue weighted by atomic mass is 16.5. The molecule has 1 aliphatic rings. The highest BCUT2D eigenvalue weighted by Crippen LogP contribution is 2.18. The van der Waals surface area contributed by atoms with Gasteiger partial charge in [0.15, 0.2) is 0 Å². The quantitative estimate of drug-likeness (QED) is 0.521. The first-order valence-corrected chi connectivity index (χ1v) is 3.98. The average molecular weight is 142 g/mol. The molecule has 2 heteroatoms. The zero-order chi connectivity index (χ0) is 7.40. The van der Waals surface area contributed by atoms with Crippen LogP contribution in [0.3, 0.4) is 0 Å². The van der Waals surface area contributed by atoms with Crippen LogP contribution in [-0.4, -0.2) is 12.6 Å². The monoisotopic (exact) mass is 142 g/mol. The van der Waals surface area contributed by atoms with Gasteiger partial charge in [0.25, 0.3) is 0 Å². The summed E-state index contributed by atoms with van der Waals surface area (Å²) in [5, 5.41) is 0. The third kappa shape index (κ3) is 2.01. The number of rotatable bonds is 1. The Balaban J connectivity index is 2.38. The number of ether oxygens (including phenoxy) is 1. The van der Waals surface area contributed by atoms with Crippen LogP contribution in [0.25, 0.3) is 0 Å². The highest BCUT2D eigenvalue weighted by Gasteiger charge is 2.16. The first kappa shape index (κ1) is 7.58. The smallest absolute Gasteiger partial charge is 0.306 e. The van der Waals surface area contributed by atoms with E-state index < -0.39 is 0 Å². The number of esters is 1. The molecule has 0 radical (unpaired) electrons. The maximum atomic E-state index is 10.8. The van der Waals surface area contributed by atoms with E-state index in [4.69, 9.17) is 4.74 Å². The fraction of sp³-hybridized carbons (Fsp3) is 0.875. The first-order chi connectivity index (χ1) is 4.83. The van der Waals surface area contributed by atoms with Gasteiger partial charge in [0, 0.05) is 6.42 Å². The van der Waals surface area contributed by atoms with Gasteiger partial charge in [0.1, 0.15) is 0 Å². The summed E-state index contributed by atoms with van der Waals surface area (Å²) in [6.07, 6.45) is 3.94. The van der Waals surface area contributed by atoms with Crippen molar-refractivity contribution >= 4 is 5.97 Å².